The van der Waals surface area contributed by atoms with E-state index in [-0.39, 0.29) is 19.1 Å². The van der Waals surface area contributed by atoms with Gasteiger partial charge in [-0.3, -0.25) is 9.89 Å². The van der Waals surface area contributed by atoms with Crippen molar-refractivity contribution in [3.8, 4) is 5.75 Å². The topological polar surface area (TPSA) is 79.9 Å². The van der Waals surface area contributed by atoms with Gasteiger partial charge >= 0.3 is 0 Å². The predicted octanol–water partition coefficient (Wildman–Crippen LogP) is 1.46. The van der Waals surface area contributed by atoms with Gasteiger partial charge in [0.25, 0.3) is 5.91 Å². The van der Waals surface area contributed by atoms with Gasteiger partial charge in [-0.05, 0) is 24.6 Å². The number of aryl methyl sites for hydroxylation is 1. The van der Waals surface area contributed by atoms with Crippen LogP contribution in [0.1, 0.15) is 11.4 Å². The van der Waals surface area contributed by atoms with E-state index in [9.17, 15) is 4.79 Å². The number of nitrogens with one attached hydrogen (secondary N) is 2. The molecule has 0 radical (unpaired) electrons. The summed E-state index contributed by atoms with van der Waals surface area (Å²) in [4.78, 5) is 15.5. The largest absolute Gasteiger partial charge is 0.482 e. The first-order valence-electron chi connectivity index (χ1n) is 5.65. The molecule has 1 aromatic carbocycles. The molecule has 0 saturated heterocycles. The first kappa shape index (κ1) is 13.4. The molecule has 1 aromatic heterocycles. The summed E-state index contributed by atoms with van der Waals surface area (Å²) in [6.07, 6.45) is 1.38. The Kier molecular flexibility index (Phi) is 4.35. The summed E-state index contributed by atoms with van der Waals surface area (Å²) in [7, 11) is 0. The molecule has 2 rings (SSSR count). The Bertz CT molecular complexity index is 557. The van der Waals surface area contributed by atoms with E-state index in [0.717, 1.165) is 5.56 Å². The number of halogens is 1. The van der Waals surface area contributed by atoms with Crippen LogP contribution in [0.2, 0.25) is 5.02 Å². The van der Waals surface area contributed by atoms with Crippen molar-refractivity contribution in [2.45, 2.75) is 13.5 Å². The molecule has 0 aliphatic carbocycles. The molecule has 1 heterocycles. The number of carbonyl (C=O) groups excluding carboxylic acids is 1. The average molecular weight is 281 g/mol. The normalized spacial score (nSPS) is 10.2. The zero-order chi connectivity index (χ0) is 13.7. The lowest BCUT2D eigenvalue weighted by molar-refractivity contribution is -0.123. The minimum absolute atomic E-state index is 0.0999. The maximum atomic E-state index is 11.6. The van der Waals surface area contributed by atoms with E-state index in [1.165, 1.54) is 6.33 Å². The lowest BCUT2D eigenvalue weighted by Gasteiger charge is -2.08. The van der Waals surface area contributed by atoms with Gasteiger partial charge in [-0.2, -0.15) is 5.10 Å². The van der Waals surface area contributed by atoms with E-state index >= 15 is 0 Å². The molecule has 1 amide bonds. The monoisotopic (exact) mass is 280 g/mol. The number of benzene rings is 1. The van der Waals surface area contributed by atoms with E-state index < -0.39 is 0 Å². The highest BCUT2D eigenvalue weighted by molar-refractivity contribution is 6.32. The quantitative estimate of drug-likeness (QED) is 0.869. The van der Waals surface area contributed by atoms with Gasteiger partial charge in [-0.15, -0.1) is 0 Å². The third-order valence-corrected chi connectivity index (χ3v) is 2.68. The number of H-pyrrole nitrogens is 1. The lowest BCUT2D eigenvalue weighted by Crippen LogP contribution is -2.28. The summed E-state index contributed by atoms with van der Waals surface area (Å²) >= 11 is 5.96. The second kappa shape index (κ2) is 6.19. The Balaban J connectivity index is 1.81. The van der Waals surface area contributed by atoms with Crippen LogP contribution in [0.3, 0.4) is 0 Å². The van der Waals surface area contributed by atoms with Crippen LogP contribution in [0.15, 0.2) is 24.5 Å². The van der Waals surface area contributed by atoms with Gasteiger partial charge in [0.15, 0.2) is 6.61 Å². The molecule has 0 bridgehead atoms. The Morgan fingerprint density at radius 3 is 3.11 bits per heavy atom. The van der Waals surface area contributed by atoms with Crippen molar-refractivity contribution in [1.82, 2.24) is 20.5 Å². The standard InChI is InChI=1S/C12H13ClN4O2/c1-8-2-3-9(13)10(4-8)19-6-12(18)14-5-11-15-7-16-17-11/h2-4,7H,5-6H2,1H3,(H,14,18)(H,15,16,17). The zero-order valence-electron chi connectivity index (χ0n) is 10.3. The molecule has 0 aliphatic rings. The number of carbonyl (C=O) groups is 1. The summed E-state index contributed by atoms with van der Waals surface area (Å²) in [5, 5.41) is 9.45. The molecule has 2 aromatic rings. The molecular formula is C12H13ClN4O2. The SMILES string of the molecule is Cc1ccc(Cl)c(OCC(=O)NCc2ncn[nH]2)c1. The maximum Gasteiger partial charge on any atom is 0.258 e. The van der Waals surface area contributed by atoms with E-state index in [1.807, 2.05) is 13.0 Å². The third-order valence-electron chi connectivity index (χ3n) is 2.36. The summed E-state index contributed by atoms with van der Waals surface area (Å²) in [6.45, 7) is 2.11. The van der Waals surface area contributed by atoms with Gasteiger partial charge in [0.2, 0.25) is 0 Å². The van der Waals surface area contributed by atoms with E-state index in [0.29, 0.717) is 16.6 Å². The van der Waals surface area contributed by atoms with Gasteiger partial charge < -0.3 is 10.1 Å². The minimum atomic E-state index is -0.256. The molecule has 2 N–H and O–H groups in total. The van der Waals surface area contributed by atoms with Crippen LogP contribution in [0, 0.1) is 6.92 Å². The Morgan fingerprint density at radius 1 is 1.53 bits per heavy atom. The zero-order valence-corrected chi connectivity index (χ0v) is 11.1. The van der Waals surface area contributed by atoms with Crippen molar-refractivity contribution in [2.24, 2.45) is 0 Å². The van der Waals surface area contributed by atoms with Crippen molar-refractivity contribution in [3.63, 3.8) is 0 Å². The van der Waals surface area contributed by atoms with E-state index in [2.05, 4.69) is 20.5 Å². The molecule has 0 unspecified atom stereocenters. The first-order valence-corrected chi connectivity index (χ1v) is 6.03. The summed E-state index contributed by atoms with van der Waals surface area (Å²) in [5.41, 5.74) is 1.02. The molecule has 0 spiro atoms. The van der Waals surface area contributed by atoms with E-state index in [4.69, 9.17) is 16.3 Å². The fourth-order valence-electron chi connectivity index (χ4n) is 1.41. The molecular weight excluding hydrogens is 268 g/mol. The number of ether oxygens (including phenoxy) is 1. The number of rotatable bonds is 5. The summed E-state index contributed by atoms with van der Waals surface area (Å²) in [5.74, 6) is 0.826. The lowest BCUT2D eigenvalue weighted by atomic mass is 10.2. The van der Waals surface area contributed by atoms with Crippen molar-refractivity contribution in [1.29, 1.82) is 0 Å². The van der Waals surface area contributed by atoms with Gasteiger partial charge in [-0.25, -0.2) is 4.98 Å². The van der Waals surface area contributed by atoms with Crippen LogP contribution >= 0.6 is 11.6 Å². The molecule has 0 aliphatic heterocycles. The minimum Gasteiger partial charge on any atom is -0.482 e. The third kappa shape index (κ3) is 3.96. The predicted molar refractivity (Wildman–Crippen MR) is 69.9 cm³/mol. The molecule has 6 nitrogen and oxygen atoms in total. The Labute approximate surface area is 115 Å². The van der Waals surface area contributed by atoms with Gasteiger partial charge in [0.1, 0.15) is 17.9 Å². The number of amides is 1. The smallest absolute Gasteiger partial charge is 0.258 e. The Hall–Kier alpha value is -2.08. The molecule has 0 fully saturated rings. The molecule has 100 valence electrons. The number of nitrogens with zero attached hydrogens (tertiary/aromatic N) is 2. The average Bonchev–Trinajstić information content (AvgIpc) is 2.90. The van der Waals surface area contributed by atoms with Crippen molar-refractivity contribution in [2.75, 3.05) is 6.61 Å². The Morgan fingerprint density at radius 2 is 2.37 bits per heavy atom. The number of aromatic amines is 1. The molecule has 7 heteroatoms. The molecule has 0 atom stereocenters. The highest BCUT2D eigenvalue weighted by Gasteiger charge is 2.06. The fraction of sp³-hybridized carbons (Fsp3) is 0.250. The van der Waals surface area contributed by atoms with Gasteiger partial charge in [0, 0.05) is 0 Å². The molecule has 0 saturated carbocycles. The highest BCUT2D eigenvalue weighted by atomic mass is 35.5. The van der Waals surface area contributed by atoms with Crippen molar-refractivity contribution < 1.29 is 9.53 Å². The second-order valence-corrected chi connectivity index (χ2v) is 4.34. The first-order chi connectivity index (χ1) is 9.15. The van der Waals surface area contributed by atoms with Crippen LogP contribution < -0.4 is 10.1 Å². The fourth-order valence-corrected chi connectivity index (χ4v) is 1.59. The maximum absolute atomic E-state index is 11.6. The second-order valence-electron chi connectivity index (χ2n) is 3.93. The number of hydrogen-bond donors (Lipinski definition) is 2. The molecule has 19 heavy (non-hydrogen) atoms. The highest BCUT2D eigenvalue weighted by Crippen LogP contribution is 2.24. The van der Waals surface area contributed by atoms with Crippen LogP contribution in [0.5, 0.6) is 5.75 Å². The van der Waals surface area contributed by atoms with Crippen LogP contribution in [0.4, 0.5) is 0 Å². The van der Waals surface area contributed by atoms with E-state index in [1.54, 1.807) is 12.1 Å². The van der Waals surface area contributed by atoms with Crippen molar-refractivity contribution in [3.05, 3.63) is 40.9 Å². The van der Waals surface area contributed by atoms with Crippen LogP contribution in [-0.4, -0.2) is 27.7 Å². The summed E-state index contributed by atoms with van der Waals surface area (Å²) in [6, 6.07) is 5.39. The van der Waals surface area contributed by atoms with Crippen molar-refractivity contribution >= 4 is 17.5 Å². The van der Waals surface area contributed by atoms with Crippen LogP contribution in [-0.2, 0) is 11.3 Å². The van der Waals surface area contributed by atoms with Crippen LogP contribution in [0.25, 0.3) is 0 Å². The number of aromatic nitrogens is 3. The summed E-state index contributed by atoms with van der Waals surface area (Å²) < 4.78 is 5.36. The van der Waals surface area contributed by atoms with Gasteiger partial charge in [0.05, 0.1) is 11.6 Å². The van der Waals surface area contributed by atoms with Gasteiger partial charge in [-0.1, -0.05) is 17.7 Å². The number of hydrogen-bond acceptors (Lipinski definition) is 4.